The van der Waals surface area contributed by atoms with Crippen LogP contribution in [0.15, 0.2) is 23.7 Å². The van der Waals surface area contributed by atoms with Gasteiger partial charge in [-0.1, -0.05) is 17.4 Å². The van der Waals surface area contributed by atoms with Crippen molar-refractivity contribution in [3.05, 3.63) is 33.5 Å². The summed E-state index contributed by atoms with van der Waals surface area (Å²) < 4.78 is 0. The van der Waals surface area contributed by atoms with E-state index in [1.165, 1.54) is 16.2 Å². The molecular formula is C14H17N3OS2. The van der Waals surface area contributed by atoms with Crippen molar-refractivity contribution < 1.29 is 4.79 Å². The molecule has 0 spiro atoms. The predicted molar refractivity (Wildman–Crippen MR) is 83.6 cm³/mol. The summed E-state index contributed by atoms with van der Waals surface area (Å²) in [4.78, 5) is 20.9. The molecule has 1 fully saturated rings. The number of amides is 1. The first-order valence-electron chi connectivity index (χ1n) is 6.83. The Morgan fingerprint density at radius 3 is 3.25 bits per heavy atom. The molecule has 0 aromatic carbocycles. The molecule has 20 heavy (non-hydrogen) atoms. The molecule has 1 aliphatic rings. The van der Waals surface area contributed by atoms with Gasteiger partial charge in [-0.25, -0.2) is 4.98 Å². The van der Waals surface area contributed by atoms with Crippen LogP contribution in [0.4, 0.5) is 5.13 Å². The van der Waals surface area contributed by atoms with E-state index in [4.69, 9.17) is 0 Å². The number of anilines is 1. The number of thiophene rings is 1. The highest BCUT2D eigenvalue weighted by Gasteiger charge is 2.32. The average molecular weight is 307 g/mol. The van der Waals surface area contributed by atoms with Gasteiger partial charge in [-0.15, -0.1) is 11.3 Å². The highest BCUT2D eigenvalue weighted by Crippen LogP contribution is 2.36. The van der Waals surface area contributed by atoms with E-state index >= 15 is 0 Å². The second-order valence-electron chi connectivity index (χ2n) is 4.73. The van der Waals surface area contributed by atoms with E-state index in [-0.39, 0.29) is 11.9 Å². The van der Waals surface area contributed by atoms with Gasteiger partial charge in [0.1, 0.15) is 4.88 Å². The Kier molecular flexibility index (Phi) is 4.03. The molecule has 106 valence electrons. The summed E-state index contributed by atoms with van der Waals surface area (Å²) in [7, 11) is 0. The Morgan fingerprint density at radius 2 is 2.50 bits per heavy atom. The molecule has 0 radical (unpaired) electrons. The lowest BCUT2D eigenvalue weighted by atomic mass is 10.2. The number of nitrogens with one attached hydrogen (secondary N) is 1. The SMILES string of the molecule is CCNc1ncc(C(=O)N2CCCC2c2cccs2)s1. The fraction of sp³-hybridized carbons (Fsp3) is 0.429. The zero-order valence-electron chi connectivity index (χ0n) is 11.3. The molecule has 0 aliphatic carbocycles. The number of aromatic nitrogens is 1. The van der Waals surface area contributed by atoms with Crippen molar-refractivity contribution >= 4 is 33.7 Å². The van der Waals surface area contributed by atoms with Crippen LogP contribution >= 0.6 is 22.7 Å². The minimum atomic E-state index is 0.113. The van der Waals surface area contributed by atoms with E-state index in [0.29, 0.717) is 0 Å². The molecule has 0 saturated carbocycles. The molecular weight excluding hydrogens is 290 g/mol. The van der Waals surface area contributed by atoms with Gasteiger partial charge in [0.05, 0.1) is 12.2 Å². The monoisotopic (exact) mass is 307 g/mol. The van der Waals surface area contributed by atoms with Gasteiger partial charge in [-0.05, 0) is 31.2 Å². The molecule has 4 nitrogen and oxygen atoms in total. The zero-order valence-corrected chi connectivity index (χ0v) is 13.0. The molecule has 1 N–H and O–H groups in total. The average Bonchev–Trinajstić information content (AvgIpc) is 3.19. The van der Waals surface area contributed by atoms with Crippen LogP contribution in [0.25, 0.3) is 0 Å². The van der Waals surface area contributed by atoms with Crippen LogP contribution in [0.5, 0.6) is 0 Å². The first-order chi connectivity index (χ1) is 9.79. The van der Waals surface area contributed by atoms with Gasteiger partial charge in [0.25, 0.3) is 5.91 Å². The highest BCUT2D eigenvalue weighted by molar-refractivity contribution is 7.17. The molecule has 1 amide bonds. The number of hydrogen-bond acceptors (Lipinski definition) is 5. The Morgan fingerprint density at radius 1 is 1.60 bits per heavy atom. The summed E-state index contributed by atoms with van der Waals surface area (Å²) in [6.07, 6.45) is 3.83. The Hall–Kier alpha value is -1.40. The van der Waals surface area contributed by atoms with Crippen molar-refractivity contribution in [1.29, 1.82) is 0 Å². The summed E-state index contributed by atoms with van der Waals surface area (Å²) in [5.41, 5.74) is 0. The summed E-state index contributed by atoms with van der Waals surface area (Å²) >= 11 is 3.17. The third kappa shape index (κ3) is 2.58. The predicted octanol–water partition coefficient (Wildman–Crippen LogP) is 3.61. The smallest absolute Gasteiger partial charge is 0.266 e. The van der Waals surface area contributed by atoms with E-state index in [1.807, 2.05) is 11.8 Å². The van der Waals surface area contributed by atoms with Crippen LogP contribution < -0.4 is 5.32 Å². The van der Waals surface area contributed by atoms with Crippen molar-refractivity contribution in [3.63, 3.8) is 0 Å². The maximum Gasteiger partial charge on any atom is 0.266 e. The Labute approximate surface area is 126 Å². The first kappa shape index (κ1) is 13.6. The molecule has 1 unspecified atom stereocenters. The second kappa shape index (κ2) is 5.93. The van der Waals surface area contributed by atoms with Gasteiger partial charge in [0.2, 0.25) is 0 Å². The summed E-state index contributed by atoms with van der Waals surface area (Å²) in [5.74, 6) is 0.113. The minimum absolute atomic E-state index is 0.113. The van der Waals surface area contributed by atoms with Crippen molar-refractivity contribution in [2.45, 2.75) is 25.8 Å². The zero-order chi connectivity index (χ0) is 13.9. The molecule has 2 aromatic rings. The van der Waals surface area contributed by atoms with Gasteiger partial charge < -0.3 is 10.2 Å². The number of thiazole rings is 1. The number of carbonyl (C=O) groups is 1. The van der Waals surface area contributed by atoms with E-state index in [9.17, 15) is 4.79 Å². The number of rotatable bonds is 4. The fourth-order valence-corrected chi connectivity index (χ4v) is 4.25. The lowest BCUT2D eigenvalue weighted by molar-refractivity contribution is 0.0742. The maximum atomic E-state index is 12.6. The van der Waals surface area contributed by atoms with Crippen molar-refractivity contribution in [2.24, 2.45) is 0 Å². The van der Waals surface area contributed by atoms with Gasteiger partial charge in [-0.3, -0.25) is 4.79 Å². The van der Waals surface area contributed by atoms with Crippen LogP contribution in [0.3, 0.4) is 0 Å². The molecule has 0 bridgehead atoms. The summed E-state index contributed by atoms with van der Waals surface area (Å²) in [6, 6.07) is 4.42. The quantitative estimate of drug-likeness (QED) is 0.938. The molecule has 3 heterocycles. The number of carbonyl (C=O) groups excluding carboxylic acids is 1. The summed E-state index contributed by atoms with van der Waals surface area (Å²) in [6.45, 7) is 3.69. The maximum absolute atomic E-state index is 12.6. The number of nitrogens with zero attached hydrogens (tertiary/aromatic N) is 2. The number of likely N-dealkylation sites (tertiary alicyclic amines) is 1. The summed E-state index contributed by atoms with van der Waals surface area (Å²) in [5, 5.41) is 6.05. The van der Waals surface area contributed by atoms with E-state index in [1.54, 1.807) is 17.5 Å². The van der Waals surface area contributed by atoms with E-state index in [2.05, 4.69) is 27.8 Å². The van der Waals surface area contributed by atoms with E-state index in [0.717, 1.165) is 35.9 Å². The van der Waals surface area contributed by atoms with Gasteiger partial charge in [0, 0.05) is 18.0 Å². The standard InChI is InChI=1S/C14H17N3OS2/c1-2-15-14-16-9-12(20-14)13(18)17-7-3-5-10(17)11-6-4-8-19-11/h4,6,8-10H,2-3,5,7H2,1H3,(H,15,16). The van der Waals surface area contributed by atoms with Crippen molar-refractivity contribution in [1.82, 2.24) is 9.88 Å². The third-order valence-electron chi connectivity index (χ3n) is 3.43. The Bertz CT molecular complexity index is 579. The molecule has 1 atom stereocenters. The van der Waals surface area contributed by atoms with Crippen LogP contribution in [0, 0.1) is 0 Å². The Balaban J connectivity index is 1.78. The van der Waals surface area contributed by atoms with Gasteiger partial charge in [-0.2, -0.15) is 0 Å². The normalized spacial score (nSPS) is 18.4. The molecule has 6 heteroatoms. The first-order valence-corrected chi connectivity index (χ1v) is 8.53. The second-order valence-corrected chi connectivity index (χ2v) is 6.74. The molecule has 3 rings (SSSR count). The van der Waals surface area contributed by atoms with Crippen LogP contribution in [-0.4, -0.2) is 28.9 Å². The van der Waals surface area contributed by atoms with Crippen LogP contribution in [0.2, 0.25) is 0 Å². The van der Waals surface area contributed by atoms with Crippen molar-refractivity contribution in [2.75, 3.05) is 18.4 Å². The van der Waals surface area contributed by atoms with Crippen LogP contribution in [-0.2, 0) is 0 Å². The van der Waals surface area contributed by atoms with E-state index < -0.39 is 0 Å². The minimum Gasteiger partial charge on any atom is -0.362 e. The largest absolute Gasteiger partial charge is 0.362 e. The topological polar surface area (TPSA) is 45.2 Å². The lowest BCUT2D eigenvalue weighted by Gasteiger charge is -2.23. The third-order valence-corrected chi connectivity index (χ3v) is 5.35. The molecule has 1 aliphatic heterocycles. The molecule has 1 saturated heterocycles. The van der Waals surface area contributed by atoms with Crippen LogP contribution in [0.1, 0.15) is 40.4 Å². The van der Waals surface area contributed by atoms with Gasteiger partial charge in [0.15, 0.2) is 5.13 Å². The van der Waals surface area contributed by atoms with Crippen molar-refractivity contribution in [3.8, 4) is 0 Å². The fourth-order valence-electron chi connectivity index (χ4n) is 2.53. The molecule has 2 aromatic heterocycles. The lowest BCUT2D eigenvalue weighted by Crippen LogP contribution is -2.29. The number of hydrogen-bond donors (Lipinski definition) is 1. The van der Waals surface area contributed by atoms with Gasteiger partial charge >= 0.3 is 0 Å². The highest BCUT2D eigenvalue weighted by atomic mass is 32.1.